The fourth-order valence-corrected chi connectivity index (χ4v) is 2.87. The smallest absolute Gasteiger partial charge is 0.310 e. The molecule has 0 amide bonds. The van der Waals surface area contributed by atoms with Gasteiger partial charge in [-0.2, -0.15) is 0 Å². The first-order valence-corrected chi connectivity index (χ1v) is 6.14. The highest BCUT2D eigenvalue weighted by Crippen LogP contribution is 2.41. The second-order valence-corrected chi connectivity index (χ2v) is 5.04. The number of carbonyl (C=O) groups is 1. The molecule has 90 valence electrons. The SMILES string of the molecule is CC1=C[C@H]2C[C@@H](c3ccoc3)OC(=O)[C@H]2CC1. The van der Waals surface area contributed by atoms with E-state index in [1.54, 1.807) is 12.5 Å². The molecule has 17 heavy (non-hydrogen) atoms. The predicted octanol–water partition coefficient (Wildman–Crippen LogP) is 3.24. The molecule has 1 aliphatic carbocycles. The predicted molar refractivity (Wildman–Crippen MR) is 62.1 cm³/mol. The van der Waals surface area contributed by atoms with Gasteiger partial charge in [-0.15, -0.1) is 0 Å². The molecule has 0 saturated carbocycles. The summed E-state index contributed by atoms with van der Waals surface area (Å²) in [6.45, 7) is 2.14. The van der Waals surface area contributed by atoms with Crippen molar-refractivity contribution in [1.82, 2.24) is 0 Å². The van der Waals surface area contributed by atoms with Gasteiger partial charge in [0.15, 0.2) is 0 Å². The third-order valence-corrected chi connectivity index (χ3v) is 3.83. The molecule has 3 nitrogen and oxygen atoms in total. The summed E-state index contributed by atoms with van der Waals surface area (Å²) in [4.78, 5) is 12.0. The highest BCUT2D eigenvalue weighted by atomic mass is 16.5. The molecule has 2 aliphatic rings. The van der Waals surface area contributed by atoms with Crippen LogP contribution < -0.4 is 0 Å². The van der Waals surface area contributed by atoms with Gasteiger partial charge in [0.25, 0.3) is 0 Å². The standard InChI is InChI=1S/C14H16O3/c1-9-2-3-12-11(6-9)7-13(17-14(12)15)10-4-5-16-8-10/h4-6,8,11-13H,2-3,7H2,1H3/t11-,12-,13-/m0/s1. The Hall–Kier alpha value is -1.51. The Kier molecular flexibility index (Phi) is 2.54. The Balaban J connectivity index is 1.84. The summed E-state index contributed by atoms with van der Waals surface area (Å²) >= 11 is 0. The van der Waals surface area contributed by atoms with E-state index >= 15 is 0 Å². The lowest BCUT2D eigenvalue weighted by molar-refractivity contribution is -0.164. The molecule has 1 aromatic rings. The molecule has 3 atom stereocenters. The van der Waals surface area contributed by atoms with E-state index in [4.69, 9.17) is 9.15 Å². The van der Waals surface area contributed by atoms with Gasteiger partial charge >= 0.3 is 5.97 Å². The van der Waals surface area contributed by atoms with Crippen molar-refractivity contribution in [3.63, 3.8) is 0 Å². The van der Waals surface area contributed by atoms with Crippen LogP contribution in [-0.4, -0.2) is 5.97 Å². The molecule has 0 spiro atoms. The van der Waals surface area contributed by atoms with Crippen molar-refractivity contribution in [3.8, 4) is 0 Å². The molecule has 1 aliphatic heterocycles. The highest BCUT2D eigenvalue weighted by Gasteiger charge is 2.39. The molecule has 1 fully saturated rings. The number of allylic oxidation sites excluding steroid dienone is 2. The summed E-state index contributed by atoms with van der Waals surface area (Å²) in [5.74, 6) is 0.364. The number of hydrogen-bond donors (Lipinski definition) is 0. The topological polar surface area (TPSA) is 39.4 Å². The van der Waals surface area contributed by atoms with Crippen molar-refractivity contribution >= 4 is 5.97 Å². The van der Waals surface area contributed by atoms with Gasteiger partial charge in [0.05, 0.1) is 18.4 Å². The van der Waals surface area contributed by atoms with Crippen LogP contribution in [0.15, 0.2) is 34.7 Å². The van der Waals surface area contributed by atoms with E-state index in [-0.39, 0.29) is 18.0 Å². The summed E-state index contributed by atoms with van der Waals surface area (Å²) in [5.41, 5.74) is 2.36. The lowest BCUT2D eigenvalue weighted by Crippen LogP contribution is -2.35. The van der Waals surface area contributed by atoms with Crippen molar-refractivity contribution in [3.05, 3.63) is 35.8 Å². The Morgan fingerprint density at radius 1 is 1.41 bits per heavy atom. The Labute approximate surface area is 100 Å². The fourth-order valence-electron chi connectivity index (χ4n) is 2.87. The van der Waals surface area contributed by atoms with Gasteiger partial charge in [0, 0.05) is 5.56 Å². The number of rotatable bonds is 1. The summed E-state index contributed by atoms with van der Waals surface area (Å²) in [5, 5.41) is 0. The van der Waals surface area contributed by atoms with E-state index in [0.29, 0.717) is 5.92 Å². The summed E-state index contributed by atoms with van der Waals surface area (Å²) in [6, 6.07) is 1.87. The molecule has 0 N–H and O–H groups in total. The number of esters is 1. The first kappa shape index (κ1) is 10.6. The molecular formula is C14H16O3. The van der Waals surface area contributed by atoms with Crippen LogP contribution in [0.5, 0.6) is 0 Å². The molecule has 0 bridgehead atoms. The van der Waals surface area contributed by atoms with Gasteiger partial charge in [-0.3, -0.25) is 4.79 Å². The summed E-state index contributed by atoms with van der Waals surface area (Å²) in [6.07, 6.45) is 8.24. The normalized spacial score (nSPS) is 32.6. The number of ether oxygens (including phenoxy) is 1. The van der Waals surface area contributed by atoms with E-state index < -0.39 is 0 Å². The zero-order chi connectivity index (χ0) is 11.8. The Morgan fingerprint density at radius 2 is 2.29 bits per heavy atom. The number of furan rings is 1. The zero-order valence-electron chi connectivity index (χ0n) is 9.89. The van der Waals surface area contributed by atoms with Gasteiger partial charge in [0.2, 0.25) is 0 Å². The van der Waals surface area contributed by atoms with Crippen molar-refractivity contribution < 1.29 is 13.9 Å². The molecular weight excluding hydrogens is 216 g/mol. The van der Waals surface area contributed by atoms with Gasteiger partial charge in [-0.1, -0.05) is 11.6 Å². The van der Waals surface area contributed by atoms with Crippen LogP contribution >= 0.6 is 0 Å². The third-order valence-electron chi connectivity index (χ3n) is 3.83. The minimum atomic E-state index is -0.135. The maximum Gasteiger partial charge on any atom is 0.310 e. The molecule has 3 heteroatoms. The first-order valence-electron chi connectivity index (χ1n) is 6.14. The fraction of sp³-hybridized carbons (Fsp3) is 0.500. The maximum absolute atomic E-state index is 12.0. The number of carbonyl (C=O) groups excluding carboxylic acids is 1. The Bertz CT molecular complexity index is 444. The van der Waals surface area contributed by atoms with Crippen LogP contribution in [0.2, 0.25) is 0 Å². The van der Waals surface area contributed by atoms with Crippen LogP contribution in [0.25, 0.3) is 0 Å². The van der Waals surface area contributed by atoms with Crippen molar-refractivity contribution in [2.75, 3.05) is 0 Å². The quantitative estimate of drug-likeness (QED) is 0.551. The van der Waals surface area contributed by atoms with E-state index in [1.165, 1.54) is 5.57 Å². The number of fused-ring (bicyclic) bond motifs is 1. The molecule has 3 rings (SSSR count). The third kappa shape index (κ3) is 1.90. The van der Waals surface area contributed by atoms with Crippen molar-refractivity contribution in [2.45, 2.75) is 32.3 Å². The summed E-state index contributed by atoms with van der Waals surface area (Å²) in [7, 11) is 0. The van der Waals surface area contributed by atoms with Gasteiger partial charge < -0.3 is 9.15 Å². The van der Waals surface area contributed by atoms with E-state index in [0.717, 1.165) is 24.8 Å². The van der Waals surface area contributed by atoms with E-state index in [2.05, 4.69) is 13.0 Å². The lowest BCUT2D eigenvalue weighted by Gasteiger charge is -2.36. The largest absolute Gasteiger partial charge is 0.472 e. The second-order valence-electron chi connectivity index (χ2n) is 5.04. The van der Waals surface area contributed by atoms with Gasteiger partial charge in [0.1, 0.15) is 6.10 Å². The highest BCUT2D eigenvalue weighted by molar-refractivity contribution is 5.74. The molecule has 0 aromatic carbocycles. The second kappa shape index (κ2) is 4.06. The molecule has 0 unspecified atom stereocenters. The van der Waals surface area contributed by atoms with E-state index in [1.807, 2.05) is 6.07 Å². The van der Waals surface area contributed by atoms with Crippen LogP contribution in [0.1, 0.15) is 37.9 Å². The molecule has 1 saturated heterocycles. The van der Waals surface area contributed by atoms with Crippen LogP contribution in [0.4, 0.5) is 0 Å². The first-order chi connectivity index (χ1) is 8.24. The minimum absolute atomic E-state index is 0.0452. The van der Waals surface area contributed by atoms with Gasteiger partial charge in [-0.05, 0) is 38.2 Å². The summed E-state index contributed by atoms with van der Waals surface area (Å²) < 4.78 is 10.6. The average molecular weight is 232 g/mol. The van der Waals surface area contributed by atoms with Crippen molar-refractivity contribution in [2.24, 2.45) is 11.8 Å². The number of hydrogen-bond acceptors (Lipinski definition) is 3. The van der Waals surface area contributed by atoms with Crippen LogP contribution in [0, 0.1) is 11.8 Å². The Morgan fingerprint density at radius 3 is 3.06 bits per heavy atom. The molecule has 2 heterocycles. The van der Waals surface area contributed by atoms with Gasteiger partial charge in [-0.25, -0.2) is 0 Å². The van der Waals surface area contributed by atoms with E-state index in [9.17, 15) is 4.79 Å². The molecule has 0 radical (unpaired) electrons. The zero-order valence-corrected chi connectivity index (χ0v) is 9.89. The van der Waals surface area contributed by atoms with Crippen LogP contribution in [-0.2, 0) is 9.53 Å². The van der Waals surface area contributed by atoms with Crippen LogP contribution in [0.3, 0.4) is 0 Å². The minimum Gasteiger partial charge on any atom is -0.472 e. The molecule has 1 aromatic heterocycles. The average Bonchev–Trinajstić information content (AvgIpc) is 2.81. The number of cyclic esters (lactones) is 1. The van der Waals surface area contributed by atoms with Crippen molar-refractivity contribution in [1.29, 1.82) is 0 Å². The maximum atomic E-state index is 12.0. The lowest BCUT2D eigenvalue weighted by atomic mass is 9.76. The monoisotopic (exact) mass is 232 g/mol.